The van der Waals surface area contributed by atoms with Crippen LogP contribution in [0.2, 0.25) is 0 Å². The standard InChI is InChI=1S/C18H24F2N8O2S/c1-27(2)31(29)25-8-12-10-28(5-6-30-12)17-7-14(23-11-24-17)15-9-22-16(26-15)4-3-13(21)18(19)20/h3-4,7,9,11-12,18,21,25H,5-6,8,10H2,1-2H3,(H,22,26)/b4-3-,21-13?. The van der Waals surface area contributed by atoms with Gasteiger partial charge < -0.3 is 19.2 Å². The highest BCUT2D eigenvalue weighted by Crippen LogP contribution is 2.21. The molecule has 3 heterocycles. The molecule has 2 aromatic rings. The number of hydrogen-bond acceptors (Lipinski definition) is 9. The molecule has 0 spiro atoms. The zero-order valence-electron chi connectivity index (χ0n) is 17.1. The summed E-state index contributed by atoms with van der Waals surface area (Å²) in [6.07, 6.45) is 2.33. The summed E-state index contributed by atoms with van der Waals surface area (Å²) in [5.41, 5.74) is 0.406. The number of H-pyrrole nitrogens is 1. The van der Waals surface area contributed by atoms with Gasteiger partial charge in [0, 0.05) is 33.3 Å². The van der Waals surface area contributed by atoms with E-state index in [1.54, 1.807) is 30.7 Å². The summed E-state index contributed by atoms with van der Waals surface area (Å²) in [5, 5.41) is 7.16. The van der Waals surface area contributed by atoms with Crippen LogP contribution < -0.4 is 9.62 Å². The fourth-order valence-electron chi connectivity index (χ4n) is 2.80. The van der Waals surface area contributed by atoms with Crippen LogP contribution in [0.1, 0.15) is 5.82 Å². The molecule has 0 aliphatic carbocycles. The Bertz CT molecular complexity index is 910. The number of nitrogens with zero attached hydrogens (tertiary/aromatic N) is 5. The summed E-state index contributed by atoms with van der Waals surface area (Å²) < 4.78 is 46.9. The Kier molecular flexibility index (Phi) is 8.03. The van der Waals surface area contributed by atoms with Crippen molar-refractivity contribution in [3.05, 3.63) is 30.5 Å². The van der Waals surface area contributed by atoms with Crippen LogP contribution in [0.5, 0.6) is 0 Å². The first-order valence-electron chi connectivity index (χ1n) is 9.45. The lowest BCUT2D eigenvalue weighted by Gasteiger charge is -2.33. The minimum atomic E-state index is -2.83. The Morgan fingerprint density at radius 3 is 3.03 bits per heavy atom. The zero-order chi connectivity index (χ0) is 22.4. The molecule has 0 radical (unpaired) electrons. The Morgan fingerprint density at radius 2 is 2.29 bits per heavy atom. The first-order chi connectivity index (χ1) is 14.8. The van der Waals surface area contributed by atoms with E-state index < -0.39 is 23.7 Å². The van der Waals surface area contributed by atoms with Crippen LogP contribution in [-0.4, -0.2) is 87.4 Å². The van der Waals surface area contributed by atoms with Gasteiger partial charge in [-0.3, -0.25) is 5.41 Å². The van der Waals surface area contributed by atoms with Gasteiger partial charge in [0.05, 0.1) is 42.6 Å². The lowest BCUT2D eigenvalue weighted by Crippen LogP contribution is -2.49. The number of ether oxygens (including phenoxy) is 1. The number of morpholine rings is 1. The molecule has 1 saturated heterocycles. The van der Waals surface area contributed by atoms with Gasteiger partial charge in [-0.2, -0.15) is 0 Å². The molecule has 1 aliphatic rings. The van der Waals surface area contributed by atoms with E-state index in [9.17, 15) is 13.3 Å². The molecule has 168 valence electrons. The van der Waals surface area contributed by atoms with Gasteiger partial charge in [-0.1, -0.05) is 0 Å². The largest absolute Gasteiger partial charge is 0.579 e. The molecule has 1 aliphatic heterocycles. The van der Waals surface area contributed by atoms with Crippen molar-refractivity contribution in [2.45, 2.75) is 12.5 Å². The second-order valence-corrected chi connectivity index (χ2v) is 8.40. The van der Waals surface area contributed by atoms with E-state index in [1.165, 1.54) is 12.4 Å². The molecule has 3 N–H and O–H groups in total. The molecule has 0 saturated carbocycles. The van der Waals surface area contributed by atoms with E-state index in [0.29, 0.717) is 49.3 Å². The van der Waals surface area contributed by atoms with Gasteiger partial charge in [0.25, 0.3) is 6.43 Å². The Balaban J connectivity index is 1.65. The SMILES string of the molecule is CN(C)[S+]([O-])NCC1CN(c2cc(-c3cnc(/C=C\C(=N)C(F)F)[nH]3)ncn2)CCO1. The number of halogens is 2. The first kappa shape index (κ1) is 23.2. The predicted molar refractivity (Wildman–Crippen MR) is 114 cm³/mol. The summed E-state index contributed by atoms with van der Waals surface area (Å²) in [7, 11) is 3.44. The monoisotopic (exact) mass is 454 g/mol. The second kappa shape index (κ2) is 10.7. The molecule has 2 aromatic heterocycles. The van der Waals surface area contributed by atoms with Crippen molar-refractivity contribution in [1.29, 1.82) is 5.41 Å². The fourth-order valence-corrected chi connectivity index (χ4v) is 3.39. The van der Waals surface area contributed by atoms with Gasteiger partial charge in [-0.25, -0.2) is 23.7 Å². The lowest BCUT2D eigenvalue weighted by atomic mass is 10.2. The van der Waals surface area contributed by atoms with Crippen LogP contribution in [0.25, 0.3) is 17.5 Å². The number of imidazole rings is 1. The third-order valence-electron chi connectivity index (χ3n) is 4.41. The van der Waals surface area contributed by atoms with Gasteiger partial charge in [0.1, 0.15) is 29.5 Å². The maximum Gasteiger partial charge on any atom is 0.279 e. The minimum Gasteiger partial charge on any atom is -0.579 e. The number of nitrogens with one attached hydrogen (secondary N) is 3. The van der Waals surface area contributed by atoms with Crippen LogP contribution in [0.3, 0.4) is 0 Å². The molecular formula is C18H24F2N8O2S. The highest BCUT2D eigenvalue weighted by Gasteiger charge is 2.24. The summed E-state index contributed by atoms with van der Waals surface area (Å²) in [4.78, 5) is 17.8. The quantitative estimate of drug-likeness (QED) is 0.380. The number of aromatic amines is 1. The minimum absolute atomic E-state index is 0.148. The molecule has 3 rings (SSSR count). The normalized spacial score (nSPS) is 18.3. The van der Waals surface area contributed by atoms with Crippen molar-refractivity contribution in [3.8, 4) is 11.4 Å². The summed E-state index contributed by atoms with van der Waals surface area (Å²) >= 11 is -1.28. The molecule has 2 atom stereocenters. The topological polar surface area (TPSA) is 129 Å². The summed E-state index contributed by atoms with van der Waals surface area (Å²) in [6, 6.07) is 1.80. The van der Waals surface area contributed by atoms with E-state index in [0.717, 1.165) is 6.08 Å². The molecular weight excluding hydrogens is 430 g/mol. The lowest BCUT2D eigenvalue weighted by molar-refractivity contribution is 0.0438. The van der Waals surface area contributed by atoms with Crippen molar-refractivity contribution >= 4 is 29.2 Å². The number of rotatable bonds is 9. The number of hydrogen-bond donors (Lipinski definition) is 3. The first-order valence-corrected chi connectivity index (χ1v) is 10.6. The number of allylic oxidation sites excluding steroid dienone is 1. The molecule has 0 bridgehead atoms. The van der Waals surface area contributed by atoms with Crippen molar-refractivity contribution in [2.75, 3.05) is 45.2 Å². The number of alkyl halides is 2. The fraction of sp³-hybridized carbons (Fsp3) is 0.444. The van der Waals surface area contributed by atoms with Crippen LogP contribution in [0.15, 0.2) is 24.7 Å². The van der Waals surface area contributed by atoms with Crippen LogP contribution in [0, 0.1) is 5.41 Å². The average molecular weight is 455 g/mol. The molecule has 13 heteroatoms. The van der Waals surface area contributed by atoms with E-state index in [1.807, 2.05) is 0 Å². The highest BCUT2D eigenvalue weighted by molar-refractivity contribution is 7.87. The third kappa shape index (κ3) is 6.51. The van der Waals surface area contributed by atoms with Gasteiger partial charge in [-0.05, 0) is 12.2 Å². The zero-order valence-corrected chi connectivity index (χ0v) is 17.9. The van der Waals surface area contributed by atoms with Gasteiger partial charge in [0.2, 0.25) is 0 Å². The van der Waals surface area contributed by atoms with Crippen molar-refractivity contribution < 1.29 is 18.1 Å². The Labute approximate surface area is 181 Å². The maximum absolute atomic E-state index is 12.4. The van der Waals surface area contributed by atoms with Gasteiger partial charge in [0.15, 0.2) is 0 Å². The smallest absolute Gasteiger partial charge is 0.279 e. The van der Waals surface area contributed by atoms with E-state index in [2.05, 4.69) is 29.6 Å². The van der Waals surface area contributed by atoms with E-state index >= 15 is 0 Å². The molecule has 10 nitrogen and oxygen atoms in total. The van der Waals surface area contributed by atoms with Crippen LogP contribution in [0.4, 0.5) is 14.6 Å². The van der Waals surface area contributed by atoms with Crippen LogP contribution >= 0.6 is 0 Å². The Morgan fingerprint density at radius 1 is 1.48 bits per heavy atom. The summed E-state index contributed by atoms with van der Waals surface area (Å²) in [6.45, 7) is 2.16. The van der Waals surface area contributed by atoms with Crippen LogP contribution in [-0.2, 0) is 16.3 Å². The van der Waals surface area contributed by atoms with Gasteiger partial charge in [-0.15, -0.1) is 9.03 Å². The third-order valence-corrected chi connectivity index (χ3v) is 5.49. The van der Waals surface area contributed by atoms with Crippen molar-refractivity contribution in [2.24, 2.45) is 0 Å². The average Bonchev–Trinajstić information content (AvgIpc) is 3.25. The van der Waals surface area contributed by atoms with E-state index in [-0.39, 0.29) is 6.10 Å². The molecule has 0 aromatic carbocycles. The van der Waals surface area contributed by atoms with Crippen molar-refractivity contribution in [1.82, 2.24) is 29.0 Å². The number of anilines is 1. The predicted octanol–water partition coefficient (Wildman–Crippen LogP) is 1.10. The molecule has 31 heavy (non-hydrogen) atoms. The van der Waals surface area contributed by atoms with Crippen molar-refractivity contribution in [3.63, 3.8) is 0 Å². The molecule has 2 unspecified atom stereocenters. The summed E-state index contributed by atoms with van der Waals surface area (Å²) in [5.74, 6) is 1.05. The molecule has 1 fully saturated rings. The van der Waals surface area contributed by atoms with E-state index in [4.69, 9.17) is 10.1 Å². The Hall–Kier alpha value is -2.45. The number of aromatic nitrogens is 4. The van der Waals surface area contributed by atoms with Gasteiger partial charge >= 0.3 is 0 Å². The highest BCUT2D eigenvalue weighted by atomic mass is 32.2. The maximum atomic E-state index is 12.4. The second-order valence-electron chi connectivity index (χ2n) is 6.88. The molecule has 0 amide bonds.